The molecule has 0 fully saturated rings. The molecule has 0 atom stereocenters. The van der Waals surface area contributed by atoms with Crippen LogP contribution in [0.1, 0.15) is 26.5 Å². The number of hydrogen-bond donors (Lipinski definition) is 3. The smallest absolute Gasteiger partial charge is 0.322 e. The normalized spacial score (nSPS) is 10.6. The second-order valence-electron chi connectivity index (χ2n) is 5.73. The summed E-state index contributed by atoms with van der Waals surface area (Å²) in [5.41, 5.74) is 2.46. The maximum absolute atomic E-state index is 12.7. The zero-order valence-electron chi connectivity index (χ0n) is 14.2. The van der Waals surface area contributed by atoms with E-state index in [0.29, 0.717) is 28.3 Å². The molecule has 1 aromatic carbocycles. The minimum atomic E-state index is -1.12. The number of benzene rings is 1. The molecule has 3 rings (SSSR count). The fraction of sp³-hybridized carbons (Fsp3) is 0.111. The minimum absolute atomic E-state index is 0.296. The summed E-state index contributed by atoms with van der Waals surface area (Å²) in [7, 11) is 0. The van der Waals surface area contributed by atoms with Gasteiger partial charge in [-0.15, -0.1) is 0 Å². The Hall–Kier alpha value is -3.20. The summed E-state index contributed by atoms with van der Waals surface area (Å²) in [6.45, 7) is 1.30. The van der Waals surface area contributed by atoms with E-state index in [1.807, 2.05) is 6.07 Å². The Morgan fingerprint density at radius 2 is 1.81 bits per heavy atom. The zero-order chi connectivity index (χ0) is 19.6. The summed E-state index contributed by atoms with van der Waals surface area (Å²) in [6.07, 6.45) is 1.76. The van der Waals surface area contributed by atoms with Gasteiger partial charge in [0.1, 0.15) is 17.9 Å². The third kappa shape index (κ3) is 4.14. The molecule has 3 N–H and O–H groups in total. The summed E-state index contributed by atoms with van der Waals surface area (Å²) in [6, 6.07) is 9.80. The van der Waals surface area contributed by atoms with Crippen LogP contribution in [0.5, 0.6) is 0 Å². The van der Waals surface area contributed by atoms with E-state index in [0.717, 1.165) is 4.47 Å². The first kappa shape index (κ1) is 18.6. The first-order valence-corrected chi connectivity index (χ1v) is 8.70. The minimum Gasteiger partial charge on any atom is -0.480 e. The van der Waals surface area contributed by atoms with Crippen molar-refractivity contribution < 1.29 is 19.5 Å². The molecule has 0 bridgehead atoms. The summed E-state index contributed by atoms with van der Waals surface area (Å²) in [4.78, 5) is 39.4. The summed E-state index contributed by atoms with van der Waals surface area (Å²) in [5.74, 6) is -1.96. The monoisotopic (exact) mass is 430 g/mol. The molecule has 2 heterocycles. The molecule has 9 heteroatoms. The van der Waals surface area contributed by atoms with Crippen molar-refractivity contribution in [2.75, 3.05) is 11.9 Å². The van der Waals surface area contributed by atoms with Gasteiger partial charge in [-0.2, -0.15) is 0 Å². The third-order valence-corrected chi connectivity index (χ3v) is 4.25. The average molecular weight is 431 g/mol. The molecule has 0 aliphatic rings. The Morgan fingerprint density at radius 3 is 2.48 bits per heavy atom. The number of nitrogens with zero attached hydrogens (tertiary/aromatic N) is 2. The summed E-state index contributed by atoms with van der Waals surface area (Å²) < 4.78 is 2.51. The number of hydrogen-bond acceptors (Lipinski definition) is 4. The van der Waals surface area contributed by atoms with Gasteiger partial charge in [-0.25, -0.2) is 4.98 Å². The Labute approximate surface area is 162 Å². The van der Waals surface area contributed by atoms with Crippen LogP contribution in [0.2, 0.25) is 0 Å². The largest absolute Gasteiger partial charge is 0.480 e. The number of aliphatic carboxylic acids is 1. The number of carboxylic acid groups (broad SMARTS) is 1. The lowest BCUT2D eigenvalue weighted by Gasteiger charge is -2.08. The molecule has 27 heavy (non-hydrogen) atoms. The van der Waals surface area contributed by atoms with E-state index in [9.17, 15) is 14.4 Å². The van der Waals surface area contributed by atoms with Gasteiger partial charge >= 0.3 is 5.97 Å². The fourth-order valence-electron chi connectivity index (χ4n) is 2.56. The van der Waals surface area contributed by atoms with Gasteiger partial charge in [-0.3, -0.25) is 18.8 Å². The highest BCUT2D eigenvalue weighted by atomic mass is 79.9. The Balaban J connectivity index is 1.77. The highest BCUT2D eigenvalue weighted by Crippen LogP contribution is 2.18. The lowest BCUT2D eigenvalue weighted by atomic mass is 10.2. The van der Waals surface area contributed by atoms with E-state index in [1.165, 1.54) is 12.1 Å². The van der Waals surface area contributed by atoms with Gasteiger partial charge in [0.25, 0.3) is 11.8 Å². The Bertz CT molecular complexity index is 1040. The number of carbonyl (C=O) groups is 3. The van der Waals surface area contributed by atoms with Crippen molar-refractivity contribution >= 4 is 45.0 Å². The quantitative estimate of drug-likeness (QED) is 0.575. The van der Waals surface area contributed by atoms with Gasteiger partial charge in [0.2, 0.25) is 0 Å². The molecule has 2 aromatic heterocycles. The number of anilines is 1. The molecule has 0 radical (unpaired) electrons. The van der Waals surface area contributed by atoms with E-state index >= 15 is 0 Å². The number of carbonyl (C=O) groups excluding carboxylic acids is 2. The average Bonchev–Trinajstić information content (AvgIpc) is 2.95. The van der Waals surface area contributed by atoms with Crippen molar-refractivity contribution in [2.45, 2.75) is 6.92 Å². The molecule has 0 saturated carbocycles. The highest BCUT2D eigenvalue weighted by Gasteiger charge is 2.17. The number of nitrogens with one attached hydrogen (secondary N) is 2. The van der Waals surface area contributed by atoms with Gasteiger partial charge in [-0.05, 0) is 59.3 Å². The van der Waals surface area contributed by atoms with E-state index in [4.69, 9.17) is 5.11 Å². The summed E-state index contributed by atoms with van der Waals surface area (Å²) in [5, 5.41) is 13.6. The topological polar surface area (TPSA) is 113 Å². The first-order chi connectivity index (χ1) is 12.8. The van der Waals surface area contributed by atoms with Crippen LogP contribution in [0.25, 0.3) is 5.65 Å². The Morgan fingerprint density at radius 1 is 1.11 bits per heavy atom. The van der Waals surface area contributed by atoms with Gasteiger partial charge < -0.3 is 15.7 Å². The number of rotatable bonds is 5. The number of halogens is 1. The van der Waals surface area contributed by atoms with Crippen LogP contribution >= 0.6 is 15.9 Å². The van der Waals surface area contributed by atoms with Gasteiger partial charge in [-0.1, -0.05) is 0 Å². The number of aromatic nitrogens is 2. The van der Waals surface area contributed by atoms with Gasteiger partial charge in [0.05, 0.1) is 5.69 Å². The number of amides is 2. The van der Waals surface area contributed by atoms with Crippen LogP contribution in [0.3, 0.4) is 0 Å². The number of carboxylic acids is 1. The van der Waals surface area contributed by atoms with E-state index in [-0.39, 0.29) is 5.91 Å². The predicted molar refractivity (Wildman–Crippen MR) is 102 cm³/mol. The molecular formula is C18H15BrN4O4. The van der Waals surface area contributed by atoms with Crippen molar-refractivity contribution in [2.24, 2.45) is 0 Å². The van der Waals surface area contributed by atoms with Gasteiger partial charge in [0.15, 0.2) is 0 Å². The van der Waals surface area contributed by atoms with Gasteiger partial charge in [0, 0.05) is 21.9 Å². The number of fused-ring (bicyclic) bond motifs is 1. The van der Waals surface area contributed by atoms with Crippen molar-refractivity contribution in [3.8, 4) is 0 Å². The molecule has 0 unspecified atom stereocenters. The standard InChI is InChI=1S/C18H15BrN4O4/c1-10-16(23-9-12(19)4-7-14(23)21-10)18(27)22-13-5-2-11(3-6-13)17(26)20-8-15(24)25/h2-7,9H,8H2,1H3,(H,20,26)(H,22,27)(H,24,25). The summed E-state index contributed by atoms with van der Waals surface area (Å²) >= 11 is 3.38. The number of pyridine rings is 1. The van der Waals surface area contributed by atoms with E-state index < -0.39 is 18.4 Å². The molecule has 0 spiro atoms. The molecule has 3 aromatic rings. The van der Waals surface area contributed by atoms with Crippen molar-refractivity contribution in [1.29, 1.82) is 0 Å². The van der Waals surface area contributed by atoms with Crippen LogP contribution in [-0.4, -0.2) is 38.8 Å². The third-order valence-electron chi connectivity index (χ3n) is 3.78. The molecule has 0 saturated heterocycles. The number of aryl methyl sites for hydroxylation is 1. The maximum atomic E-state index is 12.7. The molecular weight excluding hydrogens is 416 g/mol. The SMILES string of the molecule is Cc1nc2ccc(Br)cn2c1C(=O)Nc1ccc(C(=O)NCC(=O)O)cc1. The number of imidazole rings is 1. The molecule has 0 aliphatic carbocycles. The van der Waals surface area contributed by atoms with Crippen LogP contribution in [0.4, 0.5) is 5.69 Å². The van der Waals surface area contributed by atoms with Crippen molar-refractivity contribution in [3.05, 3.63) is 64.0 Å². The van der Waals surface area contributed by atoms with Crippen molar-refractivity contribution in [3.63, 3.8) is 0 Å². The lowest BCUT2D eigenvalue weighted by Crippen LogP contribution is -2.29. The molecule has 8 nitrogen and oxygen atoms in total. The second-order valence-corrected chi connectivity index (χ2v) is 6.64. The van der Waals surface area contributed by atoms with E-state index in [1.54, 1.807) is 35.7 Å². The molecule has 138 valence electrons. The van der Waals surface area contributed by atoms with Crippen LogP contribution in [0, 0.1) is 6.92 Å². The van der Waals surface area contributed by atoms with Crippen LogP contribution in [-0.2, 0) is 4.79 Å². The van der Waals surface area contributed by atoms with Crippen LogP contribution < -0.4 is 10.6 Å². The fourth-order valence-corrected chi connectivity index (χ4v) is 2.90. The van der Waals surface area contributed by atoms with Crippen molar-refractivity contribution in [1.82, 2.24) is 14.7 Å². The lowest BCUT2D eigenvalue weighted by molar-refractivity contribution is -0.135. The Kier molecular flexibility index (Phi) is 5.22. The molecule has 2 amide bonds. The maximum Gasteiger partial charge on any atom is 0.322 e. The van der Waals surface area contributed by atoms with E-state index in [2.05, 4.69) is 31.5 Å². The zero-order valence-corrected chi connectivity index (χ0v) is 15.8. The second kappa shape index (κ2) is 7.58. The highest BCUT2D eigenvalue weighted by molar-refractivity contribution is 9.10. The van der Waals surface area contributed by atoms with Crippen LogP contribution in [0.15, 0.2) is 47.1 Å². The molecule has 0 aliphatic heterocycles. The predicted octanol–water partition coefficient (Wildman–Crippen LogP) is 2.47. The first-order valence-electron chi connectivity index (χ1n) is 7.91.